The summed E-state index contributed by atoms with van der Waals surface area (Å²) in [4.78, 5) is 18.3. The molecule has 2 heterocycles. The smallest absolute Gasteiger partial charge is 0.321 e. The summed E-state index contributed by atoms with van der Waals surface area (Å²) in [6.45, 7) is 1.18. The van der Waals surface area contributed by atoms with E-state index in [9.17, 15) is 4.79 Å². The van der Waals surface area contributed by atoms with Gasteiger partial charge in [-0.2, -0.15) is 0 Å². The number of nitrogens with zero attached hydrogens (tertiary/aromatic N) is 2. The number of methoxy groups -OCH3 is 1. The van der Waals surface area contributed by atoms with Crippen molar-refractivity contribution in [2.24, 2.45) is 0 Å². The maximum absolute atomic E-state index is 12.3. The van der Waals surface area contributed by atoms with E-state index in [-0.39, 0.29) is 12.1 Å². The first-order chi connectivity index (χ1) is 11.7. The van der Waals surface area contributed by atoms with Crippen LogP contribution in [0.2, 0.25) is 0 Å². The predicted molar refractivity (Wildman–Crippen MR) is 94.6 cm³/mol. The number of pyridine rings is 1. The lowest BCUT2D eigenvalue weighted by atomic mass is 10.3. The Morgan fingerprint density at radius 1 is 1.33 bits per heavy atom. The lowest BCUT2D eigenvalue weighted by Gasteiger charge is -2.18. The average Bonchev–Trinajstić information content (AvgIpc) is 3.06. The molecule has 3 rings (SSSR count). The van der Waals surface area contributed by atoms with Gasteiger partial charge in [0.05, 0.1) is 18.1 Å². The van der Waals surface area contributed by atoms with Crippen LogP contribution in [0.5, 0.6) is 11.6 Å². The lowest BCUT2D eigenvalue weighted by Crippen LogP contribution is -2.34. The van der Waals surface area contributed by atoms with Gasteiger partial charge in [-0.1, -0.05) is 0 Å². The number of urea groups is 1. The molecule has 1 saturated heterocycles. The van der Waals surface area contributed by atoms with Gasteiger partial charge in [0.1, 0.15) is 11.9 Å². The number of amides is 2. The molecule has 0 aliphatic carbocycles. The van der Waals surface area contributed by atoms with Gasteiger partial charge in [0.15, 0.2) is 0 Å². The molecule has 6 nitrogen and oxygen atoms in total. The molecular weight excluding hydrogens is 374 g/mol. The van der Waals surface area contributed by atoms with Crippen LogP contribution in [-0.2, 0) is 0 Å². The third kappa shape index (κ3) is 3.97. The zero-order valence-corrected chi connectivity index (χ0v) is 14.8. The van der Waals surface area contributed by atoms with Gasteiger partial charge < -0.3 is 19.7 Å². The van der Waals surface area contributed by atoms with E-state index in [2.05, 4.69) is 26.2 Å². The lowest BCUT2D eigenvalue weighted by molar-refractivity contribution is 0.189. The van der Waals surface area contributed by atoms with Crippen molar-refractivity contribution < 1.29 is 14.3 Å². The minimum Gasteiger partial charge on any atom is -0.497 e. The van der Waals surface area contributed by atoms with Crippen LogP contribution in [-0.4, -0.2) is 42.2 Å². The summed E-state index contributed by atoms with van der Waals surface area (Å²) in [5.74, 6) is 1.31. The molecular formula is C17H18BrN3O3. The Kier molecular flexibility index (Phi) is 5.20. The van der Waals surface area contributed by atoms with E-state index in [1.165, 1.54) is 0 Å². The normalized spacial score (nSPS) is 16.8. The minimum atomic E-state index is -0.133. The van der Waals surface area contributed by atoms with Crippen molar-refractivity contribution in [3.63, 3.8) is 0 Å². The molecule has 1 atom stereocenters. The number of carbonyl (C=O) groups is 1. The van der Waals surface area contributed by atoms with Crippen molar-refractivity contribution in [1.82, 2.24) is 9.88 Å². The highest BCUT2D eigenvalue weighted by atomic mass is 79.9. The number of benzene rings is 1. The van der Waals surface area contributed by atoms with E-state index in [4.69, 9.17) is 9.47 Å². The number of nitrogens with one attached hydrogen (secondary N) is 1. The van der Waals surface area contributed by atoms with E-state index in [1.807, 2.05) is 36.4 Å². The van der Waals surface area contributed by atoms with Crippen LogP contribution in [0.25, 0.3) is 0 Å². The number of aromatic nitrogens is 1. The zero-order chi connectivity index (χ0) is 16.9. The molecule has 2 aromatic rings. The highest BCUT2D eigenvalue weighted by Crippen LogP contribution is 2.25. The summed E-state index contributed by atoms with van der Waals surface area (Å²) >= 11 is 3.41. The Labute approximate surface area is 148 Å². The molecule has 1 N–H and O–H groups in total. The standard InChI is InChI=1S/C17H18BrN3O3/c1-23-13-6-4-12(5-7-13)20-17(22)21-10-8-14(11-21)24-16-15(18)3-2-9-19-16/h2-7,9,14H,8,10-11H2,1H3,(H,20,22). The average molecular weight is 392 g/mol. The molecule has 24 heavy (non-hydrogen) atoms. The summed E-state index contributed by atoms with van der Waals surface area (Å²) in [6, 6.07) is 10.8. The van der Waals surface area contributed by atoms with E-state index in [0.29, 0.717) is 19.0 Å². The predicted octanol–water partition coefficient (Wildman–Crippen LogP) is 3.54. The van der Waals surface area contributed by atoms with Gasteiger partial charge in [-0.25, -0.2) is 9.78 Å². The molecule has 1 aromatic carbocycles. The maximum atomic E-state index is 12.3. The van der Waals surface area contributed by atoms with E-state index in [1.54, 1.807) is 18.2 Å². The Morgan fingerprint density at radius 2 is 2.12 bits per heavy atom. The van der Waals surface area contributed by atoms with E-state index < -0.39 is 0 Å². The first-order valence-corrected chi connectivity index (χ1v) is 8.42. The topological polar surface area (TPSA) is 63.7 Å². The minimum absolute atomic E-state index is 0.0576. The maximum Gasteiger partial charge on any atom is 0.321 e. The molecule has 1 aliphatic rings. The van der Waals surface area contributed by atoms with E-state index >= 15 is 0 Å². The number of likely N-dealkylation sites (tertiary alicyclic amines) is 1. The van der Waals surface area contributed by atoms with Gasteiger partial charge in [0.2, 0.25) is 5.88 Å². The molecule has 0 bridgehead atoms. The fourth-order valence-corrected chi connectivity index (χ4v) is 2.85. The first-order valence-electron chi connectivity index (χ1n) is 7.63. The van der Waals surface area contributed by atoms with Crippen LogP contribution in [0, 0.1) is 0 Å². The summed E-state index contributed by atoms with van der Waals surface area (Å²) in [5.41, 5.74) is 0.734. The second-order valence-electron chi connectivity index (χ2n) is 5.42. The van der Waals surface area contributed by atoms with Crippen LogP contribution in [0.4, 0.5) is 10.5 Å². The van der Waals surface area contributed by atoms with Gasteiger partial charge in [0.25, 0.3) is 0 Å². The summed E-state index contributed by atoms with van der Waals surface area (Å²) in [7, 11) is 1.61. The highest BCUT2D eigenvalue weighted by molar-refractivity contribution is 9.10. The molecule has 0 saturated carbocycles. The number of rotatable bonds is 4. The molecule has 1 fully saturated rings. The van der Waals surface area contributed by atoms with Gasteiger partial charge >= 0.3 is 6.03 Å². The van der Waals surface area contributed by atoms with Gasteiger partial charge in [-0.3, -0.25) is 0 Å². The van der Waals surface area contributed by atoms with Gasteiger partial charge in [0, 0.05) is 24.8 Å². The quantitative estimate of drug-likeness (QED) is 0.865. The number of ether oxygens (including phenoxy) is 2. The number of halogens is 1. The SMILES string of the molecule is COc1ccc(NC(=O)N2CCC(Oc3ncccc3Br)C2)cc1. The van der Waals surface area contributed by atoms with Crippen molar-refractivity contribution in [2.75, 3.05) is 25.5 Å². The number of anilines is 1. The molecule has 7 heteroatoms. The number of hydrogen-bond donors (Lipinski definition) is 1. The van der Waals surface area contributed by atoms with Crippen molar-refractivity contribution in [1.29, 1.82) is 0 Å². The molecule has 0 spiro atoms. The zero-order valence-electron chi connectivity index (χ0n) is 13.2. The monoisotopic (exact) mass is 391 g/mol. The molecule has 1 aromatic heterocycles. The fourth-order valence-electron chi connectivity index (χ4n) is 2.50. The molecule has 0 radical (unpaired) electrons. The fraction of sp³-hybridized carbons (Fsp3) is 0.294. The van der Waals surface area contributed by atoms with Gasteiger partial charge in [-0.05, 0) is 52.3 Å². The summed E-state index contributed by atoms with van der Waals surface area (Å²) < 4.78 is 11.8. The first kappa shape index (κ1) is 16.6. The Morgan fingerprint density at radius 3 is 2.83 bits per heavy atom. The number of carbonyl (C=O) groups excluding carboxylic acids is 1. The van der Waals surface area contributed by atoms with Crippen LogP contribution in [0.1, 0.15) is 6.42 Å². The molecule has 1 aliphatic heterocycles. The van der Waals surface area contributed by atoms with Crippen LogP contribution in [0.3, 0.4) is 0 Å². The molecule has 2 amide bonds. The Balaban J connectivity index is 1.54. The summed E-state index contributed by atoms with van der Waals surface area (Å²) in [5, 5.41) is 2.88. The second-order valence-corrected chi connectivity index (χ2v) is 6.28. The second kappa shape index (κ2) is 7.53. The highest BCUT2D eigenvalue weighted by Gasteiger charge is 2.28. The Bertz CT molecular complexity index is 708. The van der Waals surface area contributed by atoms with Crippen LogP contribution in [0.15, 0.2) is 47.1 Å². The van der Waals surface area contributed by atoms with Crippen LogP contribution >= 0.6 is 15.9 Å². The van der Waals surface area contributed by atoms with E-state index in [0.717, 1.165) is 22.3 Å². The van der Waals surface area contributed by atoms with Crippen molar-refractivity contribution in [2.45, 2.75) is 12.5 Å². The van der Waals surface area contributed by atoms with Crippen molar-refractivity contribution in [3.05, 3.63) is 47.1 Å². The van der Waals surface area contributed by atoms with Crippen molar-refractivity contribution >= 4 is 27.6 Å². The largest absolute Gasteiger partial charge is 0.497 e. The summed E-state index contributed by atoms with van der Waals surface area (Å²) in [6.07, 6.45) is 2.40. The molecule has 1 unspecified atom stereocenters. The third-order valence-corrected chi connectivity index (χ3v) is 4.38. The third-order valence-electron chi connectivity index (χ3n) is 3.78. The molecule has 126 valence electrons. The Hall–Kier alpha value is -2.28. The van der Waals surface area contributed by atoms with Gasteiger partial charge in [-0.15, -0.1) is 0 Å². The number of hydrogen-bond acceptors (Lipinski definition) is 4. The van der Waals surface area contributed by atoms with Crippen LogP contribution < -0.4 is 14.8 Å². The van der Waals surface area contributed by atoms with Crippen molar-refractivity contribution in [3.8, 4) is 11.6 Å².